The lowest BCUT2D eigenvalue weighted by molar-refractivity contribution is 0.286. The molecule has 1 saturated carbocycles. The SMILES string of the molecule is CCSc1nc2c(c(=O)n1CCc1ccccc1)CC1(CCCCC1)c1ccccc1-2. The first-order valence-corrected chi connectivity index (χ1v) is 12.6. The Bertz CT molecular complexity index is 1130. The number of fused-ring (bicyclic) bond motifs is 4. The molecular formula is C27H30N2OS. The second-order valence-corrected chi connectivity index (χ2v) is 10.1. The highest BCUT2D eigenvalue weighted by Gasteiger charge is 2.41. The first-order chi connectivity index (χ1) is 15.2. The molecule has 1 spiro atoms. The van der Waals surface area contributed by atoms with Gasteiger partial charge in [-0.25, -0.2) is 4.98 Å². The van der Waals surface area contributed by atoms with E-state index in [0.717, 1.165) is 35.0 Å². The van der Waals surface area contributed by atoms with Crippen molar-refractivity contribution in [1.82, 2.24) is 9.55 Å². The summed E-state index contributed by atoms with van der Waals surface area (Å²) >= 11 is 1.68. The summed E-state index contributed by atoms with van der Waals surface area (Å²) in [6, 6.07) is 19.2. The average molecular weight is 431 g/mol. The lowest BCUT2D eigenvalue weighted by atomic mass is 9.62. The number of nitrogens with zero attached hydrogens (tertiary/aromatic N) is 2. The fourth-order valence-corrected chi connectivity index (χ4v) is 6.28. The summed E-state index contributed by atoms with van der Waals surface area (Å²) in [6.07, 6.45) is 7.86. The van der Waals surface area contributed by atoms with E-state index in [2.05, 4.69) is 55.5 Å². The van der Waals surface area contributed by atoms with Crippen molar-refractivity contribution in [2.75, 3.05) is 5.75 Å². The van der Waals surface area contributed by atoms with Gasteiger partial charge in [-0.2, -0.15) is 0 Å². The quantitative estimate of drug-likeness (QED) is 0.366. The third-order valence-corrected chi connectivity index (χ3v) is 7.91. The topological polar surface area (TPSA) is 34.9 Å². The Kier molecular flexibility index (Phi) is 5.75. The summed E-state index contributed by atoms with van der Waals surface area (Å²) in [6.45, 7) is 2.81. The van der Waals surface area contributed by atoms with Crippen molar-refractivity contribution in [3.63, 3.8) is 0 Å². The van der Waals surface area contributed by atoms with E-state index in [1.807, 2.05) is 10.6 Å². The van der Waals surface area contributed by atoms with Gasteiger partial charge in [0.15, 0.2) is 5.16 Å². The van der Waals surface area contributed by atoms with Gasteiger partial charge in [0.1, 0.15) is 0 Å². The van der Waals surface area contributed by atoms with Gasteiger partial charge >= 0.3 is 0 Å². The zero-order valence-electron chi connectivity index (χ0n) is 18.3. The summed E-state index contributed by atoms with van der Waals surface area (Å²) in [4.78, 5) is 19.0. The molecule has 0 unspecified atom stereocenters. The summed E-state index contributed by atoms with van der Waals surface area (Å²) in [7, 11) is 0. The second-order valence-electron chi connectivity index (χ2n) is 8.91. The number of thioether (sulfide) groups is 1. The van der Waals surface area contributed by atoms with Crippen LogP contribution in [0.15, 0.2) is 64.5 Å². The molecule has 5 rings (SSSR count). The zero-order chi connectivity index (χ0) is 21.3. The Labute approximate surface area is 188 Å². The predicted octanol–water partition coefficient (Wildman–Crippen LogP) is 6.02. The third-order valence-electron chi connectivity index (χ3n) is 7.05. The molecule has 0 amide bonds. The molecule has 2 aliphatic rings. The van der Waals surface area contributed by atoms with Crippen molar-refractivity contribution in [2.24, 2.45) is 0 Å². The van der Waals surface area contributed by atoms with Gasteiger partial charge in [0.2, 0.25) is 0 Å². The van der Waals surface area contributed by atoms with Crippen LogP contribution in [0.3, 0.4) is 0 Å². The van der Waals surface area contributed by atoms with E-state index in [0.29, 0.717) is 6.54 Å². The Hall–Kier alpha value is -2.33. The Morgan fingerprint density at radius 1 is 1.00 bits per heavy atom. The molecule has 1 aromatic heterocycles. The van der Waals surface area contributed by atoms with Crippen LogP contribution in [-0.4, -0.2) is 15.3 Å². The van der Waals surface area contributed by atoms with Crippen molar-refractivity contribution in [3.05, 3.63) is 81.6 Å². The van der Waals surface area contributed by atoms with Crippen LogP contribution in [0, 0.1) is 0 Å². The van der Waals surface area contributed by atoms with Gasteiger partial charge in [0.05, 0.1) is 5.69 Å². The largest absolute Gasteiger partial charge is 0.287 e. The highest BCUT2D eigenvalue weighted by molar-refractivity contribution is 7.99. The van der Waals surface area contributed by atoms with E-state index in [9.17, 15) is 4.79 Å². The van der Waals surface area contributed by atoms with Gasteiger partial charge in [0, 0.05) is 23.1 Å². The minimum atomic E-state index is 0.110. The van der Waals surface area contributed by atoms with Crippen molar-refractivity contribution >= 4 is 11.8 Å². The number of aromatic nitrogens is 2. The molecule has 4 heteroatoms. The van der Waals surface area contributed by atoms with Crippen LogP contribution in [0.5, 0.6) is 0 Å². The molecule has 0 saturated heterocycles. The molecule has 0 radical (unpaired) electrons. The van der Waals surface area contributed by atoms with Crippen LogP contribution < -0.4 is 5.56 Å². The van der Waals surface area contributed by atoms with Crippen LogP contribution in [0.4, 0.5) is 0 Å². The second kappa shape index (κ2) is 8.66. The van der Waals surface area contributed by atoms with Crippen LogP contribution in [-0.2, 0) is 24.8 Å². The van der Waals surface area contributed by atoms with Crippen molar-refractivity contribution < 1.29 is 0 Å². The van der Waals surface area contributed by atoms with Crippen LogP contribution in [0.1, 0.15) is 55.7 Å². The summed E-state index contributed by atoms with van der Waals surface area (Å²) < 4.78 is 1.95. The summed E-state index contributed by atoms with van der Waals surface area (Å²) in [5.41, 5.74) is 6.03. The number of benzene rings is 2. The van der Waals surface area contributed by atoms with E-state index in [1.54, 1.807) is 11.8 Å². The molecule has 2 aliphatic carbocycles. The van der Waals surface area contributed by atoms with Gasteiger partial charge in [-0.05, 0) is 42.6 Å². The Balaban J connectivity index is 1.62. The smallest absolute Gasteiger partial charge is 0.258 e. The zero-order valence-corrected chi connectivity index (χ0v) is 19.1. The Morgan fingerprint density at radius 3 is 2.52 bits per heavy atom. The molecule has 0 bridgehead atoms. The molecule has 160 valence electrons. The molecule has 0 aliphatic heterocycles. The summed E-state index contributed by atoms with van der Waals surface area (Å²) in [5, 5.41) is 0.858. The third kappa shape index (κ3) is 3.76. The number of hydrogen-bond acceptors (Lipinski definition) is 3. The first kappa shape index (κ1) is 20.6. The average Bonchev–Trinajstić information content (AvgIpc) is 2.81. The van der Waals surface area contributed by atoms with Crippen LogP contribution in [0.2, 0.25) is 0 Å². The number of hydrogen-bond donors (Lipinski definition) is 0. The number of aryl methyl sites for hydroxylation is 1. The maximum atomic E-state index is 13.9. The highest BCUT2D eigenvalue weighted by Crippen LogP contribution is 2.49. The van der Waals surface area contributed by atoms with Gasteiger partial charge in [-0.3, -0.25) is 9.36 Å². The normalized spacial score (nSPS) is 16.7. The molecule has 31 heavy (non-hydrogen) atoms. The lowest BCUT2D eigenvalue weighted by Crippen LogP contribution is -2.40. The summed E-state index contributed by atoms with van der Waals surface area (Å²) in [5.74, 6) is 0.905. The molecular weight excluding hydrogens is 400 g/mol. The van der Waals surface area contributed by atoms with Gasteiger partial charge < -0.3 is 0 Å². The fraction of sp³-hybridized carbons (Fsp3) is 0.407. The molecule has 3 nitrogen and oxygen atoms in total. The van der Waals surface area contributed by atoms with E-state index in [4.69, 9.17) is 4.98 Å². The predicted molar refractivity (Wildman–Crippen MR) is 129 cm³/mol. The molecule has 1 heterocycles. The van der Waals surface area contributed by atoms with E-state index < -0.39 is 0 Å². The molecule has 1 fully saturated rings. The first-order valence-electron chi connectivity index (χ1n) is 11.6. The highest BCUT2D eigenvalue weighted by atomic mass is 32.2. The minimum Gasteiger partial charge on any atom is -0.287 e. The van der Waals surface area contributed by atoms with E-state index in [-0.39, 0.29) is 11.0 Å². The maximum absolute atomic E-state index is 13.9. The van der Waals surface area contributed by atoms with Gasteiger partial charge in [-0.15, -0.1) is 0 Å². The van der Waals surface area contributed by atoms with E-state index in [1.165, 1.54) is 48.8 Å². The Morgan fingerprint density at radius 2 is 1.74 bits per heavy atom. The number of rotatable bonds is 5. The molecule has 0 N–H and O–H groups in total. The molecule has 3 aromatic rings. The van der Waals surface area contributed by atoms with Crippen molar-refractivity contribution in [2.45, 2.75) is 69.0 Å². The molecule has 0 atom stereocenters. The monoisotopic (exact) mass is 430 g/mol. The van der Waals surface area contributed by atoms with Crippen molar-refractivity contribution in [3.8, 4) is 11.3 Å². The van der Waals surface area contributed by atoms with Gasteiger partial charge in [-0.1, -0.05) is 92.5 Å². The van der Waals surface area contributed by atoms with Crippen molar-refractivity contribution in [1.29, 1.82) is 0 Å². The van der Waals surface area contributed by atoms with E-state index >= 15 is 0 Å². The fourth-order valence-electron chi connectivity index (χ4n) is 5.54. The minimum absolute atomic E-state index is 0.110. The van der Waals surface area contributed by atoms with Crippen LogP contribution in [0.25, 0.3) is 11.3 Å². The molecule has 2 aromatic carbocycles. The van der Waals surface area contributed by atoms with Crippen LogP contribution >= 0.6 is 11.8 Å². The maximum Gasteiger partial charge on any atom is 0.258 e. The lowest BCUT2D eigenvalue weighted by Gasteiger charge is -2.42. The standard InChI is InChI=1S/C27H30N2OS/c1-2-31-26-28-24-21-13-7-8-14-23(21)27(16-9-4-10-17-27)19-22(24)25(30)29(26)18-15-20-11-5-3-6-12-20/h3,5-8,11-14H,2,4,9-10,15-19H2,1H3. The van der Waals surface area contributed by atoms with Gasteiger partial charge in [0.25, 0.3) is 5.56 Å².